The Morgan fingerprint density at radius 1 is 1.29 bits per heavy atom. The maximum absolute atomic E-state index is 5.50. The van der Waals surface area contributed by atoms with E-state index in [1.54, 1.807) is 0 Å². The quantitative estimate of drug-likeness (QED) is 0.664. The minimum Gasteiger partial charge on any atom is -0.380 e. The molecule has 84 valence electrons. The van der Waals surface area contributed by atoms with Crippen molar-refractivity contribution in [1.82, 2.24) is 5.32 Å². The van der Waals surface area contributed by atoms with E-state index >= 15 is 0 Å². The SMILES string of the molecule is CCCCCCNC1(C)CCCOC1. The Morgan fingerprint density at radius 3 is 2.79 bits per heavy atom. The number of rotatable bonds is 6. The second kappa shape index (κ2) is 6.41. The second-order valence-electron chi connectivity index (χ2n) is 4.70. The van der Waals surface area contributed by atoms with Gasteiger partial charge in [0, 0.05) is 12.1 Å². The highest BCUT2D eigenvalue weighted by Crippen LogP contribution is 2.18. The Hall–Kier alpha value is -0.0800. The van der Waals surface area contributed by atoms with Crippen molar-refractivity contribution in [3.05, 3.63) is 0 Å². The molecule has 0 aliphatic carbocycles. The molecule has 1 rings (SSSR count). The van der Waals surface area contributed by atoms with Crippen LogP contribution < -0.4 is 5.32 Å². The van der Waals surface area contributed by atoms with Gasteiger partial charge in [-0.2, -0.15) is 0 Å². The van der Waals surface area contributed by atoms with Crippen LogP contribution in [0.3, 0.4) is 0 Å². The van der Waals surface area contributed by atoms with E-state index in [2.05, 4.69) is 19.2 Å². The third-order valence-corrected chi connectivity index (χ3v) is 3.02. The molecule has 2 nitrogen and oxygen atoms in total. The molecular formula is C12H25NO. The van der Waals surface area contributed by atoms with Crippen LogP contribution in [-0.4, -0.2) is 25.3 Å². The maximum atomic E-state index is 5.50. The molecule has 1 aliphatic rings. The van der Waals surface area contributed by atoms with Gasteiger partial charge in [-0.3, -0.25) is 0 Å². The molecule has 0 aromatic rings. The fourth-order valence-corrected chi connectivity index (χ4v) is 2.02. The molecule has 0 aromatic carbocycles. The summed E-state index contributed by atoms with van der Waals surface area (Å²) in [5, 5.41) is 3.63. The van der Waals surface area contributed by atoms with E-state index < -0.39 is 0 Å². The molecule has 0 radical (unpaired) electrons. The summed E-state index contributed by atoms with van der Waals surface area (Å²) < 4.78 is 5.50. The summed E-state index contributed by atoms with van der Waals surface area (Å²) in [4.78, 5) is 0. The number of ether oxygens (including phenoxy) is 1. The Kier molecular flexibility index (Phi) is 5.49. The number of hydrogen-bond acceptors (Lipinski definition) is 2. The summed E-state index contributed by atoms with van der Waals surface area (Å²) in [6.07, 6.45) is 7.83. The van der Waals surface area contributed by atoms with Crippen LogP contribution >= 0.6 is 0 Å². The van der Waals surface area contributed by atoms with Crippen LogP contribution in [0.1, 0.15) is 52.4 Å². The van der Waals surface area contributed by atoms with Crippen molar-refractivity contribution < 1.29 is 4.74 Å². The van der Waals surface area contributed by atoms with Crippen molar-refractivity contribution in [1.29, 1.82) is 0 Å². The Bertz CT molecular complexity index is 141. The fraction of sp³-hybridized carbons (Fsp3) is 1.00. The van der Waals surface area contributed by atoms with Crippen LogP contribution in [0.4, 0.5) is 0 Å². The molecule has 0 aromatic heterocycles. The minimum atomic E-state index is 0.254. The first kappa shape index (κ1) is 12.0. The van der Waals surface area contributed by atoms with Gasteiger partial charge in [0.2, 0.25) is 0 Å². The van der Waals surface area contributed by atoms with Gasteiger partial charge in [-0.05, 0) is 32.7 Å². The van der Waals surface area contributed by atoms with Crippen molar-refractivity contribution in [2.45, 2.75) is 57.9 Å². The molecule has 0 bridgehead atoms. The third kappa shape index (κ3) is 4.43. The van der Waals surface area contributed by atoms with Crippen LogP contribution in [0.15, 0.2) is 0 Å². The Balaban J connectivity index is 2.03. The highest BCUT2D eigenvalue weighted by molar-refractivity contribution is 4.84. The van der Waals surface area contributed by atoms with E-state index in [0.29, 0.717) is 0 Å². The van der Waals surface area contributed by atoms with Gasteiger partial charge in [-0.25, -0.2) is 0 Å². The molecule has 14 heavy (non-hydrogen) atoms. The van der Waals surface area contributed by atoms with Crippen LogP contribution in [0.2, 0.25) is 0 Å². The molecule has 1 atom stereocenters. The lowest BCUT2D eigenvalue weighted by molar-refractivity contribution is 0.0286. The molecule has 1 heterocycles. The first-order valence-electron chi connectivity index (χ1n) is 6.10. The molecule has 0 saturated carbocycles. The normalized spacial score (nSPS) is 27.9. The Labute approximate surface area is 88.4 Å². The van der Waals surface area contributed by atoms with Gasteiger partial charge >= 0.3 is 0 Å². The number of hydrogen-bond donors (Lipinski definition) is 1. The predicted molar refractivity (Wildman–Crippen MR) is 60.6 cm³/mol. The Morgan fingerprint density at radius 2 is 2.14 bits per heavy atom. The second-order valence-corrected chi connectivity index (χ2v) is 4.70. The van der Waals surface area contributed by atoms with E-state index in [1.165, 1.54) is 38.5 Å². The fourth-order valence-electron chi connectivity index (χ4n) is 2.02. The molecular weight excluding hydrogens is 174 g/mol. The van der Waals surface area contributed by atoms with Crippen molar-refractivity contribution >= 4 is 0 Å². The van der Waals surface area contributed by atoms with Crippen LogP contribution in [-0.2, 0) is 4.74 Å². The van der Waals surface area contributed by atoms with Gasteiger partial charge in [-0.15, -0.1) is 0 Å². The van der Waals surface area contributed by atoms with Crippen LogP contribution in [0.5, 0.6) is 0 Å². The average molecular weight is 199 g/mol. The van der Waals surface area contributed by atoms with Crippen molar-refractivity contribution in [2.24, 2.45) is 0 Å². The van der Waals surface area contributed by atoms with E-state index in [9.17, 15) is 0 Å². The zero-order chi connectivity index (χ0) is 10.3. The standard InChI is InChI=1S/C12H25NO/c1-3-4-5-6-9-13-12(2)8-7-10-14-11-12/h13H,3-11H2,1-2H3. The highest BCUT2D eigenvalue weighted by atomic mass is 16.5. The van der Waals surface area contributed by atoms with Gasteiger partial charge < -0.3 is 10.1 Å². The van der Waals surface area contributed by atoms with E-state index in [0.717, 1.165) is 19.8 Å². The average Bonchev–Trinajstić information content (AvgIpc) is 2.18. The largest absolute Gasteiger partial charge is 0.380 e. The maximum Gasteiger partial charge on any atom is 0.0645 e. The summed E-state index contributed by atoms with van der Waals surface area (Å²) in [6.45, 7) is 7.53. The molecule has 1 N–H and O–H groups in total. The van der Waals surface area contributed by atoms with Crippen LogP contribution in [0, 0.1) is 0 Å². The predicted octanol–water partition coefficient (Wildman–Crippen LogP) is 2.73. The van der Waals surface area contributed by atoms with Crippen LogP contribution in [0.25, 0.3) is 0 Å². The molecule has 1 saturated heterocycles. The first-order chi connectivity index (χ1) is 6.77. The van der Waals surface area contributed by atoms with Crippen molar-refractivity contribution in [3.63, 3.8) is 0 Å². The summed E-state index contributed by atoms with van der Waals surface area (Å²) >= 11 is 0. The van der Waals surface area contributed by atoms with Crippen molar-refractivity contribution in [3.8, 4) is 0 Å². The lowest BCUT2D eigenvalue weighted by Crippen LogP contribution is -2.49. The van der Waals surface area contributed by atoms with Gasteiger partial charge in [0.05, 0.1) is 6.61 Å². The van der Waals surface area contributed by atoms with Crippen molar-refractivity contribution in [2.75, 3.05) is 19.8 Å². The van der Waals surface area contributed by atoms with E-state index in [1.807, 2.05) is 0 Å². The van der Waals surface area contributed by atoms with E-state index in [4.69, 9.17) is 4.74 Å². The molecule has 1 unspecified atom stereocenters. The third-order valence-electron chi connectivity index (χ3n) is 3.02. The zero-order valence-electron chi connectivity index (χ0n) is 9.77. The lowest BCUT2D eigenvalue weighted by atomic mass is 9.95. The molecule has 0 amide bonds. The van der Waals surface area contributed by atoms with Gasteiger partial charge in [-0.1, -0.05) is 26.2 Å². The lowest BCUT2D eigenvalue weighted by Gasteiger charge is -2.34. The summed E-state index contributed by atoms with van der Waals surface area (Å²) in [5.41, 5.74) is 0.254. The summed E-state index contributed by atoms with van der Waals surface area (Å²) in [6, 6.07) is 0. The molecule has 2 heteroatoms. The highest BCUT2D eigenvalue weighted by Gasteiger charge is 2.26. The van der Waals surface area contributed by atoms with Gasteiger partial charge in [0.1, 0.15) is 0 Å². The monoisotopic (exact) mass is 199 g/mol. The number of unbranched alkanes of at least 4 members (excludes halogenated alkanes) is 3. The summed E-state index contributed by atoms with van der Waals surface area (Å²) in [5.74, 6) is 0. The van der Waals surface area contributed by atoms with Gasteiger partial charge in [0.25, 0.3) is 0 Å². The topological polar surface area (TPSA) is 21.3 Å². The number of nitrogens with one attached hydrogen (secondary N) is 1. The van der Waals surface area contributed by atoms with E-state index in [-0.39, 0.29) is 5.54 Å². The molecule has 1 aliphatic heterocycles. The molecule has 0 spiro atoms. The summed E-state index contributed by atoms with van der Waals surface area (Å²) in [7, 11) is 0. The smallest absolute Gasteiger partial charge is 0.0645 e. The molecule has 1 fully saturated rings. The minimum absolute atomic E-state index is 0.254. The first-order valence-corrected chi connectivity index (χ1v) is 6.10. The van der Waals surface area contributed by atoms with Gasteiger partial charge in [0.15, 0.2) is 0 Å². The zero-order valence-corrected chi connectivity index (χ0v) is 9.77.